The summed E-state index contributed by atoms with van der Waals surface area (Å²) in [6, 6.07) is 4.14. The summed E-state index contributed by atoms with van der Waals surface area (Å²) in [5.41, 5.74) is -0.837. The normalized spacial score (nSPS) is 17.0. The predicted molar refractivity (Wildman–Crippen MR) is 103 cm³/mol. The van der Waals surface area contributed by atoms with Crippen LogP contribution in [0.2, 0.25) is 0 Å². The number of nitrogens with one attached hydrogen (secondary N) is 1. The molecule has 0 bridgehead atoms. The maximum Gasteiger partial charge on any atom is 0.317 e. The topological polar surface area (TPSA) is 105 Å². The first kappa shape index (κ1) is 19.6. The number of thiophene rings is 1. The largest absolute Gasteiger partial charge is 0.452 e. The van der Waals surface area contributed by atoms with Crippen molar-refractivity contribution < 1.29 is 14.3 Å². The second kappa shape index (κ2) is 8.67. The van der Waals surface area contributed by atoms with Crippen LogP contribution in [-0.2, 0) is 14.3 Å². The zero-order chi connectivity index (χ0) is 19.3. The lowest BCUT2D eigenvalue weighted by Crippen LogP contribution is -2.52. The molecule has 2 aromatic rings. The van der Waals surface area contributed by atoms with Crippen LogP contribution < -0.4 is 5.32 Å². The second-order valence-corrected chi connectivity index (χ2v) is 8.34. The number of thioether (sulfide) groups is 1. The van der Waals surface area contributed by atoms with Gasteiger partial charge in [-0.1, -0.05) is 31.0 Å². The average molecular weight is 405 g/mol. The van der Waals surface area contributed by atoms with E-state index in [1.165, 1.54) is 36.3 Å². The van der Waals surface area contributed by atoms with Crippen molar-refractivity contribution in [2.45, 2.75) is 55.7 Å². The van der Waals surface area contributed by atoms with Crippen molar-refractivity contribution in [2.75, 3.05) is 5.75 Å². The molecule has 1 saturated carbocycles. The summed E-state index contributed by atoms with van der Waals surface area (Å²) in [6.07, 6.45) is 4.68. The molecule has 9 heteroatoms. The summed E-state index contributed by atoms with van der Waals surface area (Å²) in [7, 11) is 0. The number of hydrogen-bond donors (Lipinski definition) is 1. The van der Waals surface area contributed by atoms with Crippen molar-refractivity contribution >= 4 is 45.2 Å². The highest BCUT2D eigenvalue weighted by molar-refractivity contribution is 8.00. The van der Waals surface area contributed by atoms with Gasteiger partial charge in [-0.2, -0.15) is 5.26 Å². The molecule has 1 N–H and O–H groups in total. The third kappa shape index (κ3) is 4.76. The van der Waals surface area contributed by atoms with Crippen molar-refractivity contribution in [3.63, 3.8) is 0 Å². The summed E-state index contributed by atoms with van der Waals surface area (Å²) in [5.74, 6) is -0.887. The SMILES string of the molecule is C[C@H](OC(=O)CSc1ncnc2sccc12)C(=O)NC1(C#N)CCCCC1. The summed E-state index contributed by atoms with van der Waals surface area (Å²) in [5, 5.41) is 15.8. The number of hydrogen-bond acceptors (Lipinski definition) is 8. The molecule has 0 spiro atoms. The van der Waals surface area contributed by atoms with Gasteiger partial charge in [0, 0.05) is 5.39 Å². The van der Waals surface area contributed by atoms with Gasteiger partial charge in [0.05, 0.1) is 11.8 Å². The predicted octanol–water partition coefficient (Wildman–Crippen LogP) is 3.06. The highest BCUT2D eigenvalue weighted by Gasteiger charge is 2.35. The van der Waals surface area contributed by atoms with Gasteiger partial charge >= 0.3 is 5.97 Å². The van der Waals surface area contributed by atoms with Crippen LogP contribution in [0.25, 0.3) is 10.2 Å². The van der Waals surface area contributed by atoms with Crippen LogP contribution in [0.15, 0.2) is 22.8 Å². The Labute approximate surface area is 165 Å². The van der Waals surface area contributed by atoms with Gasteiger partial charge in [0.2, 0.25) is 0 Å². The molecule has 0 radical (unpaired) electrons. The third-order valence-electron chi connectivity index (χ3n) is 4.51. The molecular formula is C18H20N4O3S2. The molecule has 142 valence electrons. The summed E-state index contributed by atoms with van der Waals surface area (Å²) in [6.45, 7) is 1.52. The van der Waals surface area contributed by atoms with Crippen LogP contribution >= 0.6 is 23.1 Å². The number of ether oxygens (including phenoxy) is 1. The van der Waals surface area contributed by atoms with Crippen LogP contribution in [0.1, 0.15) is 39.0 Å². The van der Waals surface area contributed by atoms with Gasteiger partial charge in [0.25, 0.3) is 5.91 Å². The number of esters is 1. The molecule has 0 saturated heterocycles. The van der Waals surface area contributed by atoms with E-state index >= 15 is 0 Å². The Morgan fingerprint density at radius 3 is 2.93 bits per heavy atom. The maximum absolute atomic E-state index is 12.4. The van der Waals surface area contributed by atoms with Gasteiger partial charge in [-0.15, -0.1) is 11.3 Å². The van der Waals surface area contributed by atoms with Gasteiger partial charge in [0.1, 0.15) is 21.7 Å². The molecule has 27 heavy (non-hydrogen) atoms. The molecule has 1 fully saturated rings. The minimum Gasteiger partial charge on any atom is -0.452 e. The van der Waals surface area contributed by atoms with Crippen LogP contribution in [-0.4, -0.2) is 39.2 Å². The zero-order valence-electron chi connectivity index (χ0n) is 14.9. The van der Waals surface area contributed by atoms with Crippen LogP contribution in [0.4, 0.5) is 0 Å². The molecule has 1 aliphatic rings. The van der Waals surface area contributed by atoms with E-state index in [1.807, 2.05) is 11.4 Å². The first-order chi connectivity index (χ1) is 13.0. The van der Waals surface area contributed by atoms with Gasteiger partial charge in [-0.3, -0.25) is 9.59 Å². The Kier molecular flexibility index (Phi) is 6.29. The molecule has 0 unspecified atom stereocenters. The Morgan fingerprint density at radius 1 is 1.41 bits per heavy atom. The van der Waals surface area contributed by atoms with E-state index in [9.17, 15) is 14.9 Å². The lowest BCUT2D eigenvalue weighted by Gasteiger charge is -2.32. The number of nitrogens with zero attached hydrogens (tertiary/aromatic N) is 3. The van der Waals surface area contributed by atoms with E-state index < -0.39 is 23.5 Å². The van der Waals surface area contributed by atoms with Gasteiger partial charge in [-0.25, -0.2) is 9.97 Å². The smallest absolute Gasteiger partial charge is 0.317 e. The number of rotatable bonds is 6. The van der Waals surface area contributed by atoms with Crippen molar-refractivity contribution in [1.82, 2.24) is 15.3 Å². The van der Waals surface area contributed by atoms with E-state index in [2.05, 4.69) is 21.4 Å². The quantitative estimate of drug-likeness (QED) is 0.448. The van der Waals surface area contributed by atoms with E-state index in [4.69, 9.17) is 4.74 Å². The van der Waals surface area contributed by atoms with Crippen LogP contribution in [0.3, 0.4) is 0 Å². The number of amides is 1. The number of fused-ring (bicyclic) bond motifs is 1. The fourth-order valence-electron chi connectivity index (χ4n) is 3.05. The standard InChI is InChI=1S/C18H20N4O3S2/c1-12(15(24)22-18(10-19)6-3-2-4-7-18)25-14(23)9-27-17-13-5-8-26-16(13)20-11-21-17/h5,8,11-12H,2-4,6-7,9H2,1H3,(H,22,24)/t12-/m0/s1. The highest BCUT2D eigenvalue weighted by Crippen LogP contribution is 2.29. The maximum atomic E-state index is 12.4. The van der Waals surface area contributed by atoms with E-state index in [1.54, 1.807) is 0 Å². The minimum absolute atomic E-state index is 0.0446. The summed E-state index contributed by atoms with van der Waals surface area (Å²) >= 11 is 2.76. The molecule has 1 atom stereocenters. The molecule has 1 aliphatic carbocycles. The fraction of sp³-hybridized carbons (Fsp3) is 0.500. The molecule has 2 heterocycles. The number of carbonyl (C=O) groups excluding carboxylic acids is 2. The van der Waals surface area contributed by atoms with Crippen molar-refractivity contribution in [3.05, 3.63) is 17.8 Å². The molecule has 0 aromatic carbocycles. The highest BCUT2D eigenvalue weighted by atomic mass is 32.2. The van der Waals surface area contributed by atoms with Crippen molar-refractivity contribution in [3.8, 4) is 6.07 Å². The number of aromatic nitrogens is 2. The molecule has 2 aromatic heterocycles. The van der Waals surface area contributed by atoms with Crippen LogP contribution in [0.5, 0.6) is 0 Å². The van der Waals surface area contributed by atoms with E-state index in [-0.39, 0.29) is 5.75 Å². The molecule has 7 nitrogen and oxygen atoms in total. The summed E-state index contributed by atoms with van der Waals surface area (Å²) < 4.78 is 5.24. The van der Waals surface area contributed by atoms with Crippen LogP contribution in [0, 0.1) is 11.3 Å². The molecular weight excluding hydrogens is 384 g/mol. The monoisotopic (exact) mass is 404 g/mol. The molecule has 3 rings (SSSR count). The Bertz CT molecular complexity index is 871. The molecule has 0 aliphatic heterocycles. The Hall–Kier alpha value is -2.18. The summed E-state index contributed by atoms with van der Waals surface area (Å²) in [4.78, 5) is 33.7. The minimum atomic E-state index is -0.947. The van der Waals surface area contributed by atoms with Gasteiger partial charge < -0.3 is 10.1 Å². The number of nitriles is 1. The Morgan fingerprint density at radius 2 is 2.19 bits per heavy atom. The van der Waals surface area contributed by atoms with Gasteiger partial charge in [-0.05, 0) is 31.2 Å². The fourth-order valence-corrected chi connectivity index (χ4v) is 4.61. The lowest BCUT2D eigenvalue weighted by atomic mass is 9.83. The number of carbonyl (C=O) groups is 2. The third-order valence-corrected chi connectivity index (χ3v) is 6.31. The second-order valence-electron chi connectivity index (χ2n) is 6.48. The first-order valence-corrected chi connectivity index (χ1v) is 10.6. The van der Waals surface area contributed by atoms with Crippen molar-refractivity contribution in [1.29, 1.82) is 5.26 Å². The van der Waals surface area contributed by atoms with Crippen molar-refractivity contribution in [2.24, 2.45) is 0 Å². The van der Waals surface area contributed by atoms with E-state index in [0.717, 1.165) is 29.5 Å². The Balaban J connectivity index is 1.52. The lowest BCUT2D eigenvalue weighted by molar-refractivity contribution is -0.152. The van der Waals surface area contributed by atoms with E-state index in [0.29, 0.717) is 17.9 Å². The zero-order valence-corrected chi connectivity index (χ0v) is 16.6. The first-order valence-electron chi connectivity index (χ1n) is 8.77. The van der Waals surface area contributed by atoms with Gasteiger partial charge in [0.15, 0.2) is 6.10 Å². The molecule has 1 amide bonds. The average Bonchev–Trinajstić information content (AvgIpc) is 3.16.